The van der Waals surface area contributed by atoms with E-state index in [0.29, 0.717) is 0 Å². The van der Waals surface area contributed by atoms with Crippen LogP contribution in [0.25, 0.3) is 0 Å². The van der Waals surface area contributed by atoms with E-state index in [-0.39, 0.29) is 11.6 Å². The molecule has 1 fully saturated rings. The smallest absolute Gasteiger partial charge is 0.337 e. The van der Waals surface area contributed by atoms with Gasteiger partial charge < -0.3 is 10.4 Å². The van der Waals surface area contributed by atoms with Crippen molar-refractivity contribution >= 4 is 11.7 Å². The van der Waals surface area contributed by atoms with Gasteiger partial charge >= 0.3 is 5.97 Å². The first-order valence-corrected chi connectivity index (χ1v) is 7.95. The molecule has 1 unspecified atom stereocenters. The standard InChI is InChI=1S/C18H21N3O2/c22-18(23)15-10-16(12-19-11-15)20-13-17(21-8-4-5-9-21)14-6-2-1-3-7-14/h1-3,6-7,10-12,17,20H,4-5,8-9,13H2,(H,22,23). The van der Waals surface area contributed by atoms with Gasteiger partial charge in [-0.25, -0.2) is 4.79 Å². The average molecular weight is 311 g/mol. The van der Waals surface area contributed by atoms with E-state index in [1.807, 2.05) is 6.07 Å². The third-order valence-corrected chi connectivity index (χ3v) is 4.25. The molecule has 0 amide bonds. The topological polar surface area (TPSA) is 65.5 Å². The molecule has 0 aliphatic carbocycles. The summed E-state index contributed by atoms with van der Waals surface area (Å²) in [4.78, 5) is 17.5. The molecule has 1 aromatic carbocycles. The molecule has 1 atom stereocenters. The highest BCUT2D eigenvalue weighted by Gasteiger charge is 2.23. The van der Waals surface area contributed by atoms with Crippen molar-refractivity contribution in [3.63, 3.8) is 0 Å². The van der Waals surface area contributed by atoms with Gasteiger partial charge in [0.2, 0.25) is 0 Å². The predicted molar refractivity (Wildman–Crippen MR) is 89.7 cm³/mol. The number of nitrogens with one attached hydrogen (secondary N) is 1. The normalized spacial score (nSPS) is 16.2. The van der Waals surface area contributed by atoms with Crippen molar-refractivity contribution in [3.8, 4) is 0 Å². The number of carboxylic acid groups (broad SMARTS) is 1. The van der Waals surface area contributed by atoms with Crippen LogP contribution in [-0.2, 0) is 0 Å². The number of carbonyl (C=O) groups is 1. The fourth-order valence-corrected chi connectivity index (χ4v) is 3.05. The van der Waals surface area contributed by atoms with E-state index in [0.717, 1.165) is 25.3 Å². The number of rotatable bonds is 6. The van der Waals surface area contributed by atoms with Crippen LogP contribution in [0.1, 0.15) is 34.8 Å². The van der Waals surface area contributed by atoms with Crippen LogP contribution in [0, 0.1) is 0 Å². The largest absolute Gasteiger partial charge is 0.478 e. The van der Waals surface area contributed by atoms with Crippen molar-refractivity contribution in [2.75, 3.05) is 25.0 Å². The number of hydrogen-bond acceptors (Lipinski definition) is 4. The Morgan fingerprint density at radius 3 is 2.65 bits per heavy atom. The molecule has 3 rings (SSSR count). The van der Waals surface area contributed by atoms with Gasteiger partial charge in [0.05, 0.1) is 17.3 Å². The number of likely N-dealkylation sites (tertiary alicyclic amines) is 1. The second-order valence-corrected chi connectivity index (χ2v) is 5.82. The highest BCUT2D eigenvalue weighted by atomic mass is 16.4. The summed E-state index contributed by atoms with van der Waals surface area (Å²) >= 11 is 0. The van der Waals surface area contributed by atoms with Crippen molar-refractivity contribution in [2.24, 2.45) is 0 Å². The number of aromatic carboxylic acids is 1. The second kappa shape index (κ2) is 7.24. The zero-order valence-corrected chi connectivity index (χ0v) is 13.0. The minimum atomic E-state index is -0.958. The van der Waals surface area contributed by atoms with Gasteiger partial charge in [0, 0.05) is 18.9 Å². The predicted octanol–water partition coefficient (Wildman–Crippen LogP) is 3.03. The van der Waals surface area contributed by atoms with Crippen LogP contribution in [0.3, 0.4) is 0 Å². The van der Waals surface area contributed by atoms with Crippen LogP contribution in [0.5, 0.6) is 0 Å². The van der Waals surface area contributed by atoms with Gasteiger partial charge in [0.25, 0.3) is 0 Å². The third-order valence-electron chi connectivity index (χ3n) is 4.25. The molecule has 0 saturated carbocycles. The first-order valence-electron chi connectivity index (χ1n) is 7.95. The average Bonchev–Trinajstić information content (AvgIpc) is 3.11. The molecular formula is C18H21N3O2. The summed E-state index contributed by atoms with van der Waals surface area (Å²) in [5.74, 6) is -0.958. The summed E-state index contributed by atoms with van der Waals surface area (Å²) in [6.07, 6.45) is 5.50. The van der Waals surface area contributed by atoms with Crippen molar-refractivity contribution in [2.45, 2.75) is 18.9 Å². The summed E-state index contributed by atoms with van der Waals surface area (Å²) in [6.45, 7) is 2.94. The lowest BCUT2D eigenvalue weighted by molar-refractivity contribution is 0.0696. The minimum Gasteiger partial charge on any atom is -0.478 e. The molecule has 120 valence electrons. The molecule has 23 heavy (non-hydrogen) atoms. The third kappa shape index (κ3) is 3.87. The van der Waals surface area contributed by atoms with Gasteiger partial charge in [0.15, 0.2) is 0 Å². The molecule has 1 aromatic heterocycles. The number of anilines is 1. The van der Waals surface area contributed by atoms with E-state index >= 15 is 0 Å². The maximum Gasteiger partial charge on any atom is 0.337 e. The number of benzene rings is 1. The van der Waals surface area contributed by atoms with E-state index in [9.17, 15) is 4.79 Å². The Morgan fingerprint density at radius 2 is 1.96 bits per heavy atom. The van der Waals surface area contributed by atoms with Crippen LogP contribution in [0.2, 0.25) is 0 Å². The van der Waals surface area contributed by atoms with Crippen LogP contribution in [0.15, 0.2) is 48.8 Å². The van der Waals surface area contributed by atoms with E-state index in [1.165, 1.54) is 24.6 Å². The monoisotopic (exact) mass is 311 g/mol. The number of pyridine rings is 1. The van der Waals surface area contributed by atoms with E-state index < -0.39 is 5.97 Å². The maximum absolute atomic E-state index is 11.0. The zero-order valence-electron chi connectivity index (χ0n) is 13.0. The quantitative estimate of drug-likeness (QED) is 0.858. The Labute approximate surface area is 136 Å². The number of aromatic nitrogens is 1. The first kappa shape index (κ1) is 15.5. The maximum atomic E-state index is 11.0. The molecule has 2 heterocycles. The summed E-state index contributed by atoms with van der Waals surface area (Å²) in [5.41, 5.74) is 2.22. The molecule has 0 spiro atoms. The number of hydrogen-bond donors (Lipinski definition) is 2. The van der Waals surface area contributed by atoms with Crippen LogP contribution in [0.4, 0.5) is 5.69 Å². The fraction of sp³-hybridized carbons (Fsp3) is 0.333. The van der Waals surface area contributed by atoms with Gasteiger partial charge in [-0.15, -0.1) is 0 Å². The van der Waals surface area contributed by atoms with Crippen molar-refractivity contribution in [1.29, 1.82) is 0 Å². The molecule has 2 aromatic rings. The van der Waals surface area contributed by atoms with E-state index in [4.69, 9.17) is 5.11 Å². The molecule has 0 radical (unpaired) electrons. The highest BCUT2D eigenvalue weighted by Crippen LogP contribution is 2.25. The van der Waals surface area contributed by atoms with Crippen molar-refractivity contribution in [3.05, 3.63) is 59.9 Å². The fourth-order valence-electron chi connectivity index (χ4n) is 3.05. The minimum absolute atomic E-state index is 0.201. The highest BCUT2D eigenvalue weighted by molar-refractivity contribution is 5.88. The molecule has 0 bridgehead atoms. The lowest BCUT2D eigenvalue weighted by Crippen LogP contribution is -2.31. The van der Waals surface area contributed by atoms with Crippen molar-refractivity contribution in [1.82, 2.24) is 9.88 Å². The van der Waals surface area contributed by atoms with Gasteiger partial charge in [-0.05, 0) is 37.6 Å². The van der Waals surface area contributed by atoms with Gasteiger partial charge in [0.1, 0.15) is 0 Å². The van der Waals surface area contributed by atoms with Crippen LogP contribution >= 0.6 is 0 Å². The molecule has 5 nitrogen and oxygen atoms in total. The summed E-state index contributed by atoms with van der Waals surface area (Å²) < 4.78 is 0. The summed E-state index contributed by atoms with van der Waals surface area (Å²) in [7, 11) is 0. The SMILES string of the molecule is O=C(O)c1cncc(NCC(c2ccccc2)N2CCCC2)c1. The Morgan fingerprint density at radius 1 is 1.22 bits per heavy atom. The Hall–Kier alpha value is -2.40. The molecule has 5 heteroatoms. The van der Waals surface area contributed by atoms with Crippen LogP contribution < -0.4 is 5.32 Å². The Balaban J connectivity index is 1.74. The van der Waals surface area contributed by atoms with Gasteiger partial charge in [-0.2, -0.15) is 0 Å². The first-order chi connectivity index (χ1) is 11.2. The number of carboxylic acids is 1. The van der Waals surface area contributed by atoms with Gasteiger partial charge in [-0.3, -0.25) is 9.88 Å². The lowest BCUT2D eigenvalue weighted by atomic mass is 10.1. The second-order valence-electron chi connectivity index (χ2n) is 5.82. The lowest BCUT2D eigenvalue weighted by Gasteiger charge is -2.28. The number of nitrogens with zero attached hydrogens (tertiary/aromatic N) is 2. The molecule has 1 aliphatic rings. The summed E-state index contributed by atoms with van der Waals surface area (Å²) in [6, 6.07) is 12.4. The van der Waals surface area contributed by atoms with Gasteiger partial charge in [-0.1, -0.05) is 30.3 Å². The van der Waals surface area contributed by atoms with Crippen molar-refractivity contribution < 1.29 is 9.90 Å². The Bertz CT molecular complexity index is 654. The Kier molecular flexibility index (Phi) is 4.88. The van der Waals surface area contributed by atoms with E-state index in [2.05, 4.69) is 39.5 Å². The molecule has 1 aliphatic heterocycles. The van der Waals surface area contributed by atoms with E-state index in [1.54, 1.807) is 12.3 Å². The zero-order chi connectivity index (χ0) is 16.1. The van der Waals surface area contributed by atoms with Crippen LogP contribution in [-0.4, -0.2) is 40.6 Å². The summed E-state index contributed by atoms with van der Waals surface area (Å²) in [5, 5.41) is 12.4. The molecule has 1 saturated heterocycles. The molecule has 2 N–H and O–H groups in total. The molecular weight excluding hydrogens is 290 g/mol.